The monoisotopic (exact) mass is 456 g/mol. The number of rotatable bonds is 2. The van der Waals surface area contributed by atoms with E-state index >= 15 is 0 Å². The van der Waals surface area contributed by atoms with Gasteiger partial charge in [-0.3, -0.25) is 0 Å². The van der Waals surface area contributed by atoms with Crippen LogP contribution in [0.4, 0.5) is 0 Å². The van der Waals surface area contributed by atoms with Crippen molar-refractivity contribution in [3.8, 4) is 0 Å². The Bertz CT molecular complexity index is 209. The van der Waals surface area contributed by atoms with Crippen LogP contribution in [0.2, 0.25) is 6.04 Å². The fourth-order valence-electron chi connectivity index (χ4n) is 1.29. The maximum absolute atomic E-state index is 5.79. The molecular formula is C3H24O9Si9. The van der Waals surface area contributed by atoms with Gasteiger partial charge in [0.25, 0.3) is 80.1 Å². The highest BCUT2D eigenvalue weighted by atomic mass is 28.4. The van der Waals surface area contributed by atoms with Crippen LogP contribution in [0.1, 0.15) is 13.3 Å². The van der Waals surface area contributed by atoms with E-state index in [9.17, 15) is 0 Å². The first-order valence-corrected chi connectivity index (χ1v) is 17.7. The molecular weight excluding hydrogens is 433 g/mol. The Hall–Kier alpha value is 1.59. The summed E-state index contributed by atoms with van der Waals surface area (Å²) in [6, 6.07) is 1.00. The van der Waals surface area contributed by atoms with E-state index in [0.29, 0.717) is 0 Å². The summed E-state index contributed by atoms with van der Waals surface area (Å²) in [5.41, 5.74) is 0. The molecule has 1 aliphatic rings. The molecule has 21 heavy (non-hydrogen) atoms. The minimum absolute atomic E-state index is 0.916. The first-order chi connectivity index (χ1) is 10.4. The van der Waals surface area contributed by atoms with Crippen LogP contribution in [0.5, 0.6) is 0 Å². The molecule has 1 aliphatic heterocycles. The molecule has 1 saturated heterocycles. The van der Waals surface area contributed by atoms with Gasteiger partial charge < -0.3 is 37.0 Å². The summed E-state index contributed by atoms with van der Waals surface area (Å²) in [7, 11) is -9.07. The van der Waals surface area contributed by atoms with E-state index in [2.05, 4.69) is 6.92 Å². The third-order valence-electron chi connectivity index (χ3n) is 2.20. The third kappa shape index (κ3) is 13.7. The van der Waals surface area contributed by atoms with Crippen molar-refractivity contribution in [2.24, 2.45) is 0 Å². The van der Waals surface area contributed by atoms with Gasteiger partial charge in [0.2, 0.25) is 0 Å². The predicted octanol–water partition coefficient (Wildman–Crippen LogP) is -7.23. The minimum Gasteiger partial charge on any atom is -0.425 e. The SMILES string of the molecule is CCC[SiH]1O[SiH2]O[SiH2]O[SiH2]O[SiH2]O[SiH2]O[SiH2]O[SiH2]O[SiH2]O1. The fourth-order valence-corrected chi connectivity index (χ4v) is 19.2. The second kappa shape index (κ2) is 16.4. The first kappa shape index (κ1) is 20.6. The van der Waals surface area contributed by atoms with Crippen molar-refractivity contribution in [3.05, 3.63) is 0 Å². The molecule has 9 nitrogen and oxygen atoms in total. The normalized spacial score (nSPS) is 35.0. The molecule has 0 aromatic carbocycles. The summed E-state index contributed by atoms with van der Waals surface area (Å²) in [5.74, 6) is 0. The predicted molar refractivity (Wildman–Crippen MR) is 100 cm³/mol. The van der Waals surface area contributed by atoms with Gasteiger partial charge in [-0.05, 0) is 6.04 Å². The van der Waals surface area contributed by atoms with Gasteiger partial charge in [0.15, 0.2) is 0 Å². The Morgan fingerprint density at radius 2 is 0.905 bits per heavy atom. The second-order valence-corrected chi connectivity index (χ2v) is 21.3. The Kier molecular flexibility index (Phi) is 16.2. The first-order valence-electron chi connectivity index (χ1n) is 6.71. The van der Waals surface area contributed by atoms with Gasteiger partial charge in [0.05, 0.1) is 0 Å². The van der Waals surface area contributed by atoms with E-state index in [1.165, 1.54) is 0 Å². The lowest BCUT2D eigenvalue weighted by molar-refractivity contribution is 0.338. The molecule has 1 heterocycles. The molecule has 0 saturated carbocycles. The molecule has 0 amide bonds. The van der Waals surface area contributed by atoms with Crippen LogP contribution in [0.15, 0.2) is 0 Å². The van der Waals surface area contributed by atoms with Crippen molar-refractivity contribution in [2.45, 2.75) is 19.4 Å². The van der Waals surface area contributed by atoms with Gasteiger partial charge in [-0.15, -0.1) is 0 Å². The molecule has 0 aliphatic carbocycles. The topological polar surface area (TPSA) is 83.1 Å². The van der Waals surface area contributed by atoms with Crippen molar-refractivity contribution in [3.63, 3.8) is 0 Å². The molecule has 18 heteroatoms. The van der Waals surface area contributed by atoms with Crippen LogP contribution in [-0.2, 0) is 37.0 Å². The molecule has 0 spiro atoms. The van der Waals surface area contributed by atoms with Crippen LogP contribution in [0, 0.1) is 0 Å². The standard InChI is InChI=1S/C3H24O9Si9/c1-2-3-21-11-19-9-17-7-15-5-13-4-14-6-16-8-18-10-20-12-21/h21H,2-3,13-20H2,1H3. The van der Waals surface area contributed by atoms with Crippen LogP contribution in [0.25, 0.3) is 0 Å². The molecule has 0 atom stereocenters. The maximum atomic E-state index is 5.79. The average molecular weight is 457 g/mol. The summed E-state index contributed by atoms with van der Waals surface area (Å²) >= 11 is 0. The highest BCUT2D eigenvalue weighted by molar-refractivity contribution is 6.58. The molecule has 0 bridgehead atoms. The summed E-state index contributed by atoms with van der Waals surface area (Å²) in [4.78, 5) is 0. The quantitative estimate of drug-likeness (QED) is 0.376. The van der Waals surface area contributed by atoms with Gasteiger partial charge in [-0.25, -0.2) is 0 Å². The zero-order chi connectivity index (χ0) is 15.0. The molecule has 0 N–H and O–H groups in total. The van der Waals surface area contributed by atoms with Crippen LogP contribution in [-0.4, -0.2) is 89.3 Å². The maximum Gasteiger partial charge on any atom is 0.303 e. The molecule has 1 rings (SSSR count). The van der Waals surface area contributed by atoms with Crippen molar-refractivity contribution >= 4 is 89.3 Å². The zero-order valence-corrected chi connectivity index (χ0v) is 24.8. The average Bonchev–Trinajstić information content (AvgIpc) is 2.49. The van der Waals surface area contributed by atoms with E-state index in [-0.39, 0.29) is 0 Å². The van der Waals surface area contributed by atoms with Crippen molar-refractivity contribution in [2.75, 3.05) is 0 Å². The van der Waals surface area contributed by atoms with E-state index in [4.69, 9.17) is 37.0 Å². The lowest BCUT2D eigenvalue weighted by Gasteiger charge is -2.17. The van der Waals surface area contributed by atoms with E-state index in [1.807, 2.05) is 0 Å². The Morgan fingerprint density at radius 1 is 0.571 bits per heavy atom. The van der Waals surface area contributed by atoms with Gasteiger partial charge in [0.1, 0.15) is 0 Å². The summed E-state index contributed by atoms with van der Waals surface area (Å²) in [5, 5.41) is 0. The van der Waals surface area contributed by atoms with Gasteiger partial charge >= 0.3 is 9.28 Å². The molecule has 0 radical (unpaired) electrons. The van der Waals surface area contributed by atoms with Crippen molar-refractivity contribution in [1.82, 2.24) is 0 Å². The molecule has 0 aromatic rings. The lowest BCUT2D eigenvalue weighted by Crippen LogP contribution is -2.30. The zero-order valence-electron chi connectivity index (χ0n) is 12.3. The molecule has 0 aromatic heterocycles. The van der Waals surface area contributed by atoms with Crippen LogP contribution < -0.4 is 0 Å². The van der Waals surface area contributed by atoms with Crippen LogP contribution in [0.3, 0.4) is 0 Å². The molecule has 126 valence electrons. The minimum atomic E-state index is -1.59. The third-order valence-corrected chi connectivity index (χ3v) is 16.6. The highest BCUT2D eigenvalue weighted by Gasteiger charge is 2.12. The lowest BCUT2D eigenvalue weighted by atomic mass is 10.6. The van der Waals surface area contributed by atoms with Gasteiger partial charge in [-0.2, -0.15) is 0 Å². The van der Waals surface area contributed by atoms with Crippen molar-refractivity contribution in [1.29, 1.82) is 0 Å². The van der Waals surface area contributed by atoms with E-state index in [1.54, 1.807) is 0 Å². The van der Waals surface area contributed by atoms with Gasteiger partial charge in [-0.1, -0.05) is 13.3 Å². The molecule has 0 unspecified atom stereocenters. The van der Waals surface area contributed by atoms with E-state index in [0.717, 1.165) is 12.5 Å². The molecule has 1 fully saturated rings. The Labute approximate surface area is 145 Å². The van der Waals surface area contributed by atoms with E-state index < -0.39 is 89.3 Å². The van der Waals surface area contributed by atoms with Gasteiger partial charge in [0, 0.05) is 0 Å². The smallest absolute Gasteiger partial charge is 0.303 e. The number of hydrogen-bond donors (Lipinski definition) is 0. The van der Waals surface area contributed by atoms with Crippen molar-refractivity contribution < 1.29 is 37.0 Å². The Balaban J connectivity index is 2.18. The summed E-state index contributed by atoms with van der Waals surface area (Å²) < 4.78 is 49.7. The number of hydrogen-bond acceptors (Lipinski definition) is 9. The second-order valence-electron chi connectivity index (χ2n) is 3.92. The summed E-state index contributed by atoms with van der Waals surface area (Å²) in [6.45, 7) is 2.13. The fraction of sp³-hybridized carbons (Fsp3) is 1.00. The Morgan fingerprint density at radius 3 is 1.24 bits per heavy atom. The summed E-state index contributed by atoms with van der Waals surface area (Å²) in [6.07, 6.45) is 1.07. The highest BCUT2D eigenvalue weighted by Crippen LogP contribution is 1.99. The van der Waals surface area contributed by atoms with Crippen LogP contribution >= 0.6 is 0 Å². The largest absolute Gasteiger partial charge is 0.425 e.